The first-order valence-corrected chi connectivity index (χ1v) is 7.52. The van der Waals surface area contributed by atoms with E-state index in [4.69, 9.17) is 4.74 Å². The van der Waals surface area contributed by atoms with Gasteiger partial charge >= 0.3 is 12.0 Å². The Morgan fingerprint density at radius 2 is 2.18 bits per heavy atom. The zero-order valence-corrected chi connectivity index (χ0v) is 14.0. The van der Waals surface area contributed by atoms with Gasteiger partial charge in [0.05, 0.1) is 18.7 Å². The average Bonchev–Trinajstić information content (AvgIpc) is 2.49. The number of amides is 2. The lowest BCUT2D eigenvalue weighted by Gasteiger charge is -2.34. The third-order valence-electron chi connectivity index (χ3n) is 3.59. The minimum atomic E-state index is -0.889. The van der Waals surface area contributed by atoms with E-state index in [1.54, 1.807) is 19.9 Å². The van der Waals surface area contributed by atoms with Crippen LogP contribution in [0.1, 0.15) is 25.5 Å². The van der Waals surface area contributed by atoms with Gasteiger partial charge in [-0.05, 0) is 32.0 Å². The Bertz CT molecular complexity index is 660. The molecule has 1 atom stereocenters. The molecule has 1 aromatic carbocycles. The number of nitrogens with zero attached hydrogens (tertiary/aromatic N) is 1. The third-order valence-corrected chi connectivity index (χ3v) is 4.08. The van der Waals surface area contributed by atoms with Gasteiger partial charge in [0.1, 0.15) is 5.82 Å². The number of carbonyl (C=O) groups excluding carboxylic acids is 2. The van der Waals surface area contributed by atoms with Crippen molar-refractivity contribution >= 4 is 27.9 Å². The van der Waals surface area contributed by atoms with Crippen LogP contribution >= 0.6 is 15.9 Å². The first-order chi connectivity index (χ1) is 10.4. The lowest BCUT2D eigenvalue weighted by molar-refractivity contribution is -0.136. The second kappa shape index (κ2) is 6.48. The highest BCUT2D eigenvalue weighted by Crippen LogP contribution is 2.33. The summed E-state index contributed by atoms with van der Waals surface area (Å²) in [5, 5.41) is 2.66. The van der Waals surface area contributed by atoms with Gasteiger partial charge < -0.3 is 10.1 Å². The van der Waals surface area contributed by atoms with E-state index in [9.17, 15) is 14.0 Å². The summed E-state index contributed by atoms with van der Waals surface area (Å²) in [6, 6.07) is 3.10. The first-order valence-electron chi connectivity index (χ1n) is 6.72. The van der Waals surface area contributed by atoms with Crippen LogP contribution in [0.2, 0.25) is 0 Å². The lowest BCUT2D eigenvalue weighted by Crippen LogP contribution is -2.48. The number of carbonyl (C=O) groups is 2. The number of hydrogen-bond donors (Lipinski definition) is 1. The molecule has 118 valence electrons. The molecule has 2 amide bonds. The van der Waals surface area contributed by atoms with Crippen LogP contribution in [0, 0.1) is 5.82 Å². The standard InChI is InChI=1S/C15H16BrFN2O3/c1-4-19-8(2)12(14(20)22-3)13(18-15(19)21)10-7-9(16)5-6-11(10)17/h5-7,13H,4H2,1-3H3,(H,18,21)/t13-/m1/s1. The molecule has 0 fully saturated rings. The van der Waals surface area contributed by atoms with Gasteiger partial charge in [-0.3, -0.25) is 4.90 Å². The highest BCUT2D eigenvalue weighted by Gasteiger charge is 2.36. The predicted octanol–water partition coefficient (Wildman–Crippen LogP) is 3.12. The summed E-state index contributed by atoms with van der Waals surface area (Å²) in [6.45, 7) is 3.83. The second-order valence-electron chi connectivity index (χ2n) is 4.78. The Labute approximate surface area is 136 Å². The quantitative estimate of drug-likeness (QED) is 0.831. The molecule has 2 rings (SSSR count). The minimum absolute atomic E-state index is 0.207. The Balaban J connectivity index is 2.62. The van der Waals surface area contributed by atoms with E-state index in [2.05, 4.69) is 21.2 Å². The van der Waals surface area contributed by atoms with Gasteiger partial charge in [0, 0.05) is 22.3 Å². The smallest absolute Gasteiger partial charge is 0.337 e. The summed E-state index contributed by atoms with van der Waals surface area (Å²) in [5.74, 6) is -1.10. The SMILES string of the molecule is CCN1C(=O)N[C@H](c2cc(Br)ccc2F)C(C(=O)OC)=C1C. The van der Waals surface area contributed by atoms with Gasteiger partial charge in [0.15, 0.2) is 0 Å². The molecule has 1 heterocycles. The maximum atomic E-state index is 14.2. The van der Waals surface area contributed by atoms with Crippen molar-refractivity contribution in [2.24, 2.45) is 0 Å². The predicted molar refractivity (Wildman–Crippen MR) is 82.5 cm³/mol. The number of ether oxygens (including phenoxy) is 1. The van der Waals surface area contributed by atoms with Gasteiger partial charge in [0.25, 0.3) is 0 Å². The normalized spacial score (nSPS) is 18.3. The number of nitrogens with one attached hydrogen (secondary N) is 1. The first kappa shape index (κ1) is 16.5. The van der Waals surface area contributed by atoms with Crippen LogP contribution in [0.25, 0.3) is 0 Å². The molecule has 1 aliphatic rings. The van der Waals surface area contributed by atoms with Crippen molar-refractivity contribution in [2.75, 3.05) is 13.7 Å². The molecule has 1 aromatic rings. The van der Waals surface area contributed by atoms with Crippen molar-refractivity contribution in [1.29, 1.82) is 0 Å². The van der Waals surface area contributed by atoms with Crippen molar-refractivity contribution in [3.63, 3.8) is 0 Å². The molecule has 5 nitrogen and oxygen atoms in total. The molecule has 22 heavy (non-hydrogen) atoms. The van der Waals surface area contributed by atoms with Crippen LogP contribution in [0.4, 0.5) is 9.18 Å². The van der Waals surface area contributed by atoms with Crippen LogP contribution in [0.15, 0.2) is 33.9 Å². The molecular formula is C15H16BrFN2O3. The van der Waals surface area contributed by atoms with Gasteiger partial charge in [-0.15, -0.1) is 0 Å². The molecule has 7 heteroatoms. The molecule has 0 bridgehead atoms. The summed E-state index contributed by atoms with van der Waals surface area (Å²) in [5.41, 5.74) is 0.890. The zero-order chi connectivity index (χ0) is 16.4. The maximum absolute atomic E-state index is 14.2. The van der Waals surface area contributed by atoms with E-state index in [1.807, 2.05) is 0 Å². The molecule has 1 N–H and O–H groups in total. The monoisotopic (exact) mass is 370 g/mol. The van der Waals surface area contributed by atoms with Crippen molar-refractivity contribution in [3.05, 3.63) is 45.3 Å². The van der Waals surface area contributed by atoms with E-state index in [0.29, 0.717) is 16.7 Å². The number of methoxy groups -OCH3 is 1. The van der Waals surface area contributed by atoms with Crippen LogP contribution < -0.4 is 5.32 Å². The molecule has 0 aromatic heterocycles. The molecule has 0 aliphatic carbocycles. The second-order valence-corrected chi connectivity index (χ2v) is 5.70. The van der Waals surface area contributed by atoms with E-state index >= 15 is 0 Å². The number of benzene rings is 1. The molecule has 0 saturated carbocycles. The van der Waals surface area contributed by atoms with Crippen LogP contribution in [-0.2, 0) is 9.53 Å². The fourth-order valence-corrected chi connectivity index (χ4v) is 2.88. The number of hydrogen-bond acceptors (Lipinski definition) is 3. The Hall–Kier alpha value is -1.89. The van der Waals surface area contributed by atoms with E-state index < -0.39 is 17.8 Å². The fraction of sp³-hybridized carbons (Fsp3) is 0.333. The fourth-order valence-electron chi connectivity index (χ4n) is 2.51. The van der Waals surface area contributed by atoms with Crippen molar-refractivity contribution in [3.8, 4) is 0 Å². The lowest BCUT2D eigenvalue weighted by atomic mass is 9.94. The number of urea groups is 1. The molecule has 0 spiro atoms. The van der Waals surface area contributed by atoms with Gasteiger partial charge in [-0.2, -0.15) is 0 Å². The van der Waals surface area contributed by atoms with Gasteiger partial charge in [0.2, 0.25) is 0 Å². The largest absolute Gasteiger partial charge is 0.466 e. The maximum Gasteiger partial charge on any atom is 0.337 e. The van der Waals surface area contributed by atoms with E-state index in [1.165, 1.54) is 24.1 Å². The van der Waals surface area contributed by atoms with Crippen LogP contribution in [0.5, 0.6) is 0 Å². The zero-order valence-electron chi connectivity index (χ0n) is 12.4. The summed E-state index contributed by atoms with van der Waals surface area (Å²) in [6.07, 6.45) is 0. The number of allylic oxidation sites excluding steroid dienone is 1. The third kappa shape index (κ3) is 2.85. The molecule has 1 aliphatic heterocycles. The van der Waals surface area contributed by atoms with E-state index in [0.717, 1.165) is 0 Å². The Kier molecular flexibility index (Phi) is 4.85. The summed E-state index contributed by atoms with van der Waals surface area (Å²) >= 11 is 3.27. The Morgan fingerprint density at radius 3 is 2.77 bits per heavy atom. The van der Waals surface area contributed by atoms with Crippen molar-refractivity contribution in [1.82, 2.24) is 10.2 Å². The number of rotatable bonds is 3. The minimum Gasteiger partial charge on any atom is -0.466 e. The summed E-state index contributed by atoms with van der Waals surface area (Å²) < 4.78 is 19.6. The van der Waals surface area contributed by atoms with Crippen molar-refractivity contribution < 1.29 is 18.7 Å². The average molecular weight is 371 g/mol. The Morgan fingerprint density at radius 1 is 1.50 bits per heavy atom. The molecule has 0 radical (unpaired) electrons. The van der Waals surface area contributed by atoms with Gasteiger partial charge in [-0.25, -0.2) is 14.0 Å². The summed E-state index contributed by atoms with van der Waals surface area (Å²) in [7, 11) is 1.25. The van der Waals surface area contributed by atoms with E-state index in [-0.39, 0.29) is 17.2 Å². The highest BCUT2D eigenvalue weighted by molar-refractivity contribution is 9.10. The van der Waals surface area contributed by atoms with Crippen molar-refractivity contribution in [2.45, 2.75) is 19.9 Å². The number of halogens is 2. The molecule has 0 saturated heterocycles. The topological polar surface area (TPSA) is 58.6 Å². The highest BCUT2D eigenvalue weighted by atomic mass is 79.9. The number of esters is 1. The van der Waals surface area contributed by atoms with Crippen LogP contribution in [-0.4, -0.2) is 30.6 Å². The van der Waals surface area contributed by atoms with Gasteiger partial charge in [-0.1, -0.05) is 15.9 Å². The molecule has 0 unspecified atom stereocenters. The summed E-state index contributed by atoms with van der Waals surface area (Å²) in [4.78, 5) is 25.7. The molecular weight excluding hydrogens is 355 g/mol. The van der Waals surface area contributed by atoms with Crippen LogP contribution in [0.3, 0.4) is 0 Å².